The normalized spacial score (nSPS) is 16.1. The molecule has 0 radical (unpaired) electrons. The van der Waals surface area contributed by atoms with Crippen LogP contribution in [0.2, 0.25) is 0 Å². The number of pyridine rings is 1. The molecule has 134 valence electrons. The van der Waals surface area contributed by atoms with Gasteiger partial charge in [-0.1, -0.05) is 18.9 Å². The maximum absolute atomic E-state index is 6.51. The Kier molecular flexibility index (Phi) is 3.03. The van der Waals surface area contributed by atoms with E-state index in [1.165, 1.54) is 47.7 Å². The van der Waals surface area contributed by atoms with Crippen LogP contribution in [-0.2, 0) is 7.05 Å². The lowest BCUT2D eigenvalue weighted by Crippen LogP contribution is -2.31. The first-order chi connectivity index (χ1) is 13.2. The van der Waals surface area contributed by atoms with E-state index in [9.17, 15) is 0 Å². The Balaban J connectivity index is 1.69. The molecule has 0 saturated heterocycles. The summed E-state index contributed by atoms with van der Waals surface area (Å²) in [6.45, 7) is 2.13. The minimum Gasteiger partial charge on any atom is -0.464 e. The average molecular weight is 356 g/mol. The number of aryl methyl sites for hydroxylation is 2. The van der Waals surface area contributed by atoms with E-state index in [1.807, 2.05) is 6.07 Å². The average Bonchev–Trinajstić information content (AvgIpc) is 3.35. The summed E-state index contributed by atoms with van der Waals surface area (Å²) in [5.74, 6) is 2.60. The summed E-state index contributed by atoms with van der Waals surface area (Å²) < 4.78 is 14.5. The molecule has 27 heavy (non-hydrogen) atoms. The van der Waals surface area contributed by atoms with Gasteiger partial charge in [0, 0.05) is 17.0 Å². The summed E-state index contributed by atoms with van der Waals surface area (Å²) in [6, 6.07) is 11.0. The van der Waals surface area contributed by atoms with Crippen molar-refractivity contribution in [1.82, 2.24) is 0 Å². The molecular weight excluding hydrogens is 334 g/mol. The van der Waals surface area contributed by atoms with Crippen LogP contribution in [0.5, 0.6) is 11.5 Å². The van der Waals surface area contributed by atoms with E-state index in [2.05, 4.69) is 49.0 Å². The molecule has 3 heterocycles. The number of furan rings is 1. The molecule has 4 aromatic rings. The van der Waals surface area contributed by atoms with Crippen molar-refractivity contribution in [3.05, 3.63) is 53.9 Å². The van der Waals surface area contributed by atoms with Gasteiger partial charge in [0.2, 0.25) is 5.69 Å². The molecule has 0 N–H and O–H groups in total. The molecule has 0 atom stereocenters. The van der Waals surface area contributed by atoms with Crippen molar-refractivity contribution in [1.29, 1.82) is 0 Å². The molecule has 6 rings (SSSR count). The van der Waals surface area contributed by atoms with Crippen LogP contribution in [0, 0.1) is 6.92 Å². The molecule has 0 spiro atoms. The zero-order chi connectivity index (χ0) is 18.1. The Bertz CT molecular complexity index is 1230. The lowest BCUT2D eigenvalue weighted by molar-refractivity contribution is -0.659. The standard InChI is InChI=1S/C24H22NO2/c1-14-21-19(12-17-8-10-26-24(14)17)27-20-13-18(15-5-3-4-6-15)11-16-7-9-25(2)23(21)22(16)20/h7-13,15H,3-6H2,1-2H3/q+1. The quantitative estimate of drug-likeness (QED) is 0.337. The van der Waals surface area contributed by atoms with Crippen molar-refractivity contribution in [2.75, 3.05) is 0 Å². The predicted molar refractivity (Wildman–Crippen MR) is 106 cm³/mol. The maximum Gasteiger partial charge on any atom is 0.228 e. The Morgan fingerprint density at radius 3 is 2.70 bits per heavy atom. The first-order valence-corrected chi connectivity index (χ1v) is 9.86. The van der Waals surface area contributed by atoms with E-state index < -0.39 is 0 Å². The smallest absolute Gasteiger partial charge is 0.228 e. The van der Waals surface area contributed by atoms with Gasteiger partial charge in [0.1, 0.15) is 24.1 Å². The molecule has 1 aliphatic heterocycles. The van der Waals surface area contributed by atoms with Crippen molar-refractivity contribution in [2.24, 2.45) is 7.05 Å². The number of ether oxygens (including phenoxy) is 1. The lowest BCUT2D eigenvalue weighted by Gasteiger charge is -2.22. The fraction of sp³-hybridized carbons (Fsp3) is 0.292. The summed E-state index contributed by atoms with van der Waals surface area (Å²) in [5, 5.41) is 3.58. The van der Waals surface area contributed by atoms with Gasteiger partial charge < -0.3 is 9.15 Å². The van der Waals surface area contributed by atoms with Crippen LogP contribution in [0.3, 0.4) is 0 Å². The second-order valence-electron chi connectivity index (χ2n) is 8.06. The molecule has 1 saturated carbocycles. The monoisotopic (exact) mass is 356 g/mol. The number of fused-ring (bicyclic) bond motifs is 3. The molecule has 2 aromatic heterocycles. The van der Waals surface area contributed by atoms with Crippen LogP contribution < -0.4 is 9.30 Å². The zero-order valence-electron chi connectivity index (χ0n) is 15.7. The van der Waals surface area contributed by atoms with Crippen molar-refractivity contribution in [3.8, 4) is 22.8 Å². The van der Waals surface area contributed by atoms with Gasteiger partial charge in [0.05, 0.1) is 17.2 Å². The van der Waals surface area contributed by atoms with Crippen LogP contribution in [0.4, 0.5) is 0 Å². The van der Waals surface area contributed by atoms with E-state index in [1.54, 1.807) is 6.26 Å². The summed E-state index contributed by atoms with van der Waals surface area (Å²) in [4.78, 5) is 0. The molecule has 0 amide bonds. The van der Waals surface area contributed by atoms with E-state index in [4.69, 9.17) is 9.15 Å². The Morgan fingerprint density at radius 1 is 1.00 bits per heavy atom. The second kappa shape index (κ2) is 5.35. The third-order valence-corrected chi connectivity index (χ3v) is 6.45. The minimum absolute atomic E-state index is 0.672. The fourth-order valence-electron chi connectivity index (χ4n) is 5.11. The molecule has 2 aromatic carbocycles. The highest BCUT2D eigenvalue weighted by Gasteiger charge is 2.32. The van der Waals surface area contributed by atoms with Crippen LogP contribution in [-0.4, -0.2) is 0 Å². The maximum atomic E-state index is 6.51. The van der Waals surface area contributed by atoms with E-state index >= 15 is 0 Å². The number of aromatic nitrogens is 1. The number of nitrogens with zero attached hydrogens (tertiary/aromatic N) is 1. The summed E-state index contributed by atoms with van der Waals surface area (Å²) >= 11 is 0. The van der Waals surface area contributed by atoms with Crippen molar-refractivity contribution < 1.29 is 13.7 Å². The third kappa shape index (κ3) is 2.05. The third-order valence-electron chi connectivity index (χ3n) is 6.45. The van der Waals surface area contributed by atoms with Crippen LogP contribution in [0.1, 0.15) is 42.7 Å². The van der Waals surface area contributed by atoms with Gasteiger partial charge in [0.15, 0.2) is 6.20 Å². The highest BCUT2D eigenvalue weighted by molar-refractivity contribution is 6.04. The number of benzene rings is 2. The summed E-state index contributed by atoms with van der Waals surface area (Å²) in [5.41, 5.74) is 5.88. The molecule has 1 aliphatic carbocycles. The van der Waals surface area contributed by atoms with E-state index in [-0.39, 0.29) is 0 Å². The Morgan fingerprint density at radius 2 is 1.85 bits per heavy atom. The van der Waals surface area contributed by atoms with Crippen molar-refractivity contribution >= 4 is 21.7 Å². The SMILES string of the molecule is Cc1c2c(cc3ccoc13)Oc1cc(C3CCCC3)cc3cc[n+](C)c-2c13. The molecule has 0 unspecified atom stereocenters. The highest BCUT2D eigenvalue weighted by atomic mass is 16.5. The van der Waals surface area contributed by atoms with Gasteiger partial charge in [0.25, 0.3) is 0 Å². The number of hydrogen-bond donors (Lipinski definition) is 0. The lowest BCUT2D eigenvalue weighted by atomic mass is 9.90. The molecular formula is C24H22NO2+. The van der Waals surface area contributed by atoms with Gasteiger partial charge in [-0.3, -0.25) is 0 Å². The summed E-state index contributed by atoms with van der Waals surface area (Å²) in [7, 11) is 2.12. The number of rotatable bonds is 1. The first-order valence-electron chi connectivity index (χ1n) is 9.86. The molecule has 2 aliphatic rings. The first kappa shape index (κ1) is 15.3. The molecule has 3 heteroatoms. The highest BCUT2D eigenvalue weighted by Crippen LogP contribution is 2.49. The second-order valence-corrected chi connectivity index (χ2v) is 8.06. The van der Waals surface area contributed by atoms with Gasteiger partial charge in [-0.15, -0.1) is 0 Å². The summed E-state index contributed by atoms with van der Waals surface area (Å²) in [6.07, 6.45) is 9.20. The topological polar surface area (TPSA) is 26.2 Å². The van der Waals surface area contributed by atoms with Gasteiger partial charge in [-0.2, -0.15) is 0 Å². The van der Waals surface area contributed by atoms with E-state index in [0.29, 0.717) is 5.92 Å². The molecule has 3 nitrogen and oxygen atoms in total. The van der Waals surface area contributed by atoms with Crippen LogP contribution in [0.15, 0.2) is 47.2 Å². The fourth-order valence-corrected chi connectivity index (χ4v) is 5.11. The minimum atomic E-state index is 0.672. The predicted octanol–water partition coefficient (Wildman–Crippen LogP) is 6.15. The van der Waals surface area contributed by atoms with Gasteiger partial charge in [-0.05, 0) is 54.8 Å². The molecule has 1 fully saturated rings. The van der Waals surface area contributed by atoms with E-state index in [0.717, 1.165) is 33.6 Å². The Hall–Kier alpha value is -2.81. The van der Waals surface area contributed by atoms with Crippen molar-refractivity contribution in [2.45, 2.75) is 38.5 Å². The molecule has 0 bridgehead atoms. The van der Waals surface area contributed by atoms with Crippen molar-refractivity contribution in [3.63, 3.8) is 0 Å². The largest absolute Gasteiger partial charge is 0.464 e. The van der Waals surface area contributed by atoms with Crippen LogP contribution in [0.25, 0.3) is 33.0 Å². The van der Waals surface area contributed by atoms with Gasteiger partial charge >= 0.3 is 0 Å². The Labute approximate surface area is 158 Å². The zero-order valence-corrected chi connectivity index (χ0v) is 15.7. The van der Waals surface area contributed by atoms with Gasteiger partial charge in [-0.25, -0.2) is 4.57 Å². The van der Waals surface area contributed by atoms with Crippen LogP contribution >= 0.6 is 0 Å². The number of hydrogen-bond acceptors (Lipinski definition) is 2.